The number of rotatable bonds is 3. The Kier molecular flexibility index (Phi) is 4.70. The average molecular weight is 370 g/mol. The fourth-order valence-corrected chi connectivity index (χ4v) is 3.74. The first-order chi connectivity index (χ1) is 13.5. The van der Waals surface area contributed by atoms with Crippen molar-refractivity contribution in [1.29, 1.82) is 0 Å². The Labute approximate surface area is 164 Å². The van der Waals surface area contributed by atoms with E-state index in [0.29, 0.717) is 0 Å². The molecule has 0 aliphatic carbocycles. The van der Waals surface area contributed by atoms with Crippen molar-refractivity contribution < 1.29 is 9.59 Å². The van der Waals surface area contributed by atoms with Gasteiger partial charge in [-0.1, -0.05) is 54.6 Å². The first-order valence-electron chi connectivity index (χ1n) is 9.36. The van der Waals surface area contributed by atoms with Crippen molar-refractivity contribution >= 4 is 34.4 Å². The van der Waals surface area contributed by atoms with Crippen LogP contribution in [0.1, 0.15) is 30.5 Å². The van der Waals surface area contributed by atoms with Crippen LogP contribution in [0.2, 0.25) is 0 Å². The van der Waals surface area contributed by atoms with Gasteiger partial charge in [-0.3, -0.25) is 9.59 Å². The minimum atomic E-state index is -0.297. The van der Waals surface area contributed by atoms with Crippen LogP contribution in [0.4, 0.5) is 5.69 Å². The van der Waals surface area contributed by atoms with Crippen molar-refractivity contribution in [3.63, 3.8) is 0 Å². The van der Waals surface area contributed by atoms with Crippen LogP contribution in [-0.2, 0) is 9.59 Å². The predicted octanol–water partition coefficient (Wildman–Crippen LogP) is 4.77. The summed E-state index contributed by atoms with van der Waals surface area (Å²) in [7, 11) is 1.79. The van der Waals surface area contributed by atoms with Crippen LogP contribution in [-0.4, -0.2) is 23.8 Å². The van der Waals surface area contributed by atoms with Crippen LogP contribution in [0.15, 0.2) is 72.9 Å². The number of carbonyl (C=O) groups excluding carboxylic acids is 2. The lowest BCUT2D eigenvalue weighted by Crippen LogP contribution is -2.36. The highest BCUT2D eigenvalue weighted by atomic mass is 16.2. The molecule has 0 bridgehead atoms. The van der Waals surface area contributed by atoms with Gasteiger partial charge in [0, 0.05) is 25.9 Å². The molecule has 0 fully saturated rings. The standard InChI is InChI=1S/C24H22N2O2/c1-17(27)26-14-13-19-8-5-6-10-22(19)23(26)16-24(28)25(2)21-12-11-18-7-3-4-9-20(18)15-21/h3-15,23H,16H2,1-2H3. The number of fused-ring (bicyclic) bond motifs is 2. The maximum Gasteiger partial charge on any atom is 0.229 e. The quantitative estimate of drug-likeness (QED) is 0.666. The first kappa shape index (κ1) is 18.0. The molecule has 0 saturated carbocycles. The molecule has 1 aliphatic heterocycles. The summed E-state index contributed by atoms with van der Waals surface area (Å²) in [5.41, 5.74) is 2.89. The van der Waals surface area contributed by atoms with Gasteiger partial charge in [0.05, 0.1) is 12.5 Å². The number of hydrogen-bond donors (Lipinski definition) is 0. The highest BCUT2D eigenvalue weighted by Crippen LogP contribution is 2.34. The number of carbonyl (C=O) groups is 2. The monoisotopic (exact) mass is 370 g/mol. The summed E-state index contributed by atoms with van der Waals surface area (Å²) in [6.45, 7) is 1.53. The first-order valence-corrected chi connectivity index (χ1v) is 9.36. The van der Waals surface area contributed by atoms with E-state index in [4.69, 9.17) is 0 Å². The van der Waals surface area contributed by atoms with E-state index in [-0.39, 0.29) is 24.3 Å². The van der Waals surface area contributed by atoms with Gasteiger partial charge in [-0.2, -0.15) is 0 Å². The summed E-state index contributed by atoms with van der Waals surface area (Å²) >= 11 is 0. The molecule has 0 spiro atoms. The Morgan fingerprint density at radius 1 is 0.964 bits per heavy atom. The Morgan fingerprint density at radius 2 is 1.68 bits per heavy atom. The fraction of sp³-hybridized carbons (Fsp3) is 0.167. The van der Waals surface area contributed by atoms with Crippen molar-refractivity contribution in [2.45, 2.75) is 19.4 Å². The van der Waals surface area contributed by atoms with E-state index in [0.717, 1.165) is 27.6 Å². The molecule has 4 rings (SSSR count). The number of amides is 2. The molecule has 0 radical (unpaired) electrons. The average Bonchev–Trinajstić information content (AvgIpc) is 2.72. The summed E-state index contributed by atoms with van der Waals surface area (Å²) in [6.07, 6.45) is 3.92. The zero-order valence-electron chi connectivity index (χ0n) is 16.0. The molecule has 1 heterocycles. The van der Waals surface area contributed by atoms with Crippen molar-refractivity contribution in [2.75, 3.05) is 11.9 Å². The maximum atomic E-state index is 13.1. The molecular formula is C24H22N2O2. The summed E-state index contributed by atoms with van der Waals surface area (Å²) in [4.78, 5) is 28.5. The van der Waals surface area contributed by atoms with Crippen molar-refractivity contribution in [3.8, 4) is 0 Å². The van der Waals surface area contributed by atoms with Gasteiger partial charge in [0.25, 0.3) is 0 Å². The number of hydrogen-bond acceptors (Lipinski definition) is 2. The lowest BCUT2D eigenvalue weighted by atomic mass is 9.93. The van der Waals surface area contributed by atoms with E-state index in [1.54, 1.807) is 23.0 Å². The van der Waals surface area contributed by atoms with E-state index in [2.05, 4.69) is 6.07 Å². The summed E-state index contributed by atoms with van der Waals surface area (Å²) in [6, 6.07) is 21.7. The SMILES string of the molecule is CC(=O)N1C=Cc2ccccc2C1CC(=O)N(C)c1ccc2ccccc2c1. The Balaban J connectivity index is 1.61. The molecule has 1 aliphatic rings. The van der Waals surface area contributed by atoms with E-state index < -0.39 is 0 Å². The molecule has 0 saturated heterocycles. The highest BCUT2D eigenvalue weighted by Gasteiger charge is 2.29. The molecule has 3 aromatic rings. The van der Waals surface area contributed by atoms with Crippen LogP contribution in [0.3, 0.4) is 0 Å². The van der Waals surface area contributed by atoms with Gasteiger partial charge in [-0.15, -0.1) is 0 Å². The Hall–Kier alpha value is -3.40. The summed E-state index contributed by atoms with van der Waals surface area (Å²) < 4.78 is 0. The van der Waals surface area contributed by atoms with Crippen molar-refractivity contribution in [2.24, 2.45) is 0 Å². The van der Waals surface area contributed by atoms with Gasteiger partial charge in [-0.25, -0.2) is 0 Å². The second-order valence-electron chi connectivity index (χ2n) is 7.08. The molecule has 1 atom stereocenters. The van der Waals surface area contributed by atoms with Crippen LogP contribution < -0.4 is 4.90 Å². The minimum Gasteiger partial charge on any atom is -0.315 e. The summed E-state index contributed by atoms with van der Waals surface area (Å²) in [5, 5.41) is 2.23. The molecule has 140 valence electrons. The molecule has 0 aromatic heterocycles. The van der Waals surface area contributed by atoms with Gasteiger partial charge in [0.1, 0.15) is 0 Å². The third kappa shape index (κ3) is 3.29. The third-order valence-corrected chi connectivity index (χ3v) is 5.33. The topological polar surface area (TPSA) is 40.6 Å². The zero-order chi connectivity index (χ0) is 19.7. The number of anilines is 1. The maximum absolute atomic E-state index is 13.1. The van der Waals surface area contributed by atoms with Gasteiger partial charge in [0.15, 0.2) is 0 Å². The number of benzene rings is 3. The smallest absolute Gasteiger partial charge is 0.229 e. The summed E-state index contributed by atoms with van der Waals surface area (Å²) in [5.74, 6) is -0.103. The lowest BCUT2D eigenvalue weighted by molar-refractivity contribution is -0.129. The molecular weight excluding hydrogens is 348 g/mol. The molecule has 1 unspecified atom stereocenters. The van der Waals surface area contributed by atoms with E-state index in [1.165, 1.54) is 6.92 Å². The van der Waals surface area contributed by atoms with Crippen LogP contribution in [0, 0.1) is 0 Å². The molecule has 4 nitrogen and oxygen atoms in total. The van der Waals surface area contributed by atoms with E-state index in [1.807, 2.05) is 66.7 Å². The molecule has 2 amide bonds. The molecule has 0 N–H and O–H groups in total. The van der Waals surface area contributed by atoms with Crippen LogP contribution >= 0.6 is 0 Å². The molecule has 4 heteroatoms. The fourth-order valence-electron chi connectivity index (χ4n) is 3.74. The lowest BCUT2D eigenvalue weighted by Gasteiger charge is -2.33. The van der Waals surface area contributed by atoms with Gasteiger partial charge in [-0.05, 0) is 40.1 Å². The second kappa shape index (κ2) is 7.31. The van der Waals surface area contributed by atoms with Crippen molar-refractivity contribution in [1.82, 2.24) is 4.90 Å². The predicted molar refractivity (Wildman–Crippen MR) is 113 cm³/mol. The zero-order valence-corrected chi connectivity index (χ0v) is 16.0. The van der Waals surface area contributed by atoms with Gasteiger partial charge < -0.3 is 9.80 Å². The minimum absolute atomic E-state index is 0.0309. The Morgan fingerprint density at radius 3 is 2.46 bits per heavy atom. The van der Waals surface area contributed by atoms with Crippen molar-refractivity contribution in [3.05, 3.63) is 84.1 Å². The van der Waals surface area contributed by atoms with Gasteiger partial charge in [0.2, 0.25) is 11.8 Å². The van der Waals surface area contributed by atoms with E-state index >= 15 is 0 Å². The molecule has 28 heavy (non-hydrogen) atoms. The Bertz CT molecular complexity index is 1090. The number of nitrogens with zero attached hydrogens (tertiary/aromatic N) is 2. The third-order valence-electron chi connectivity index (χ3n) is 5.33. The normalized spacial score (nSPS) is 15.4. The van der Waals surface area contributed by atoms with Crippen LogP contribution in [0.25, 0.3) is 16.8 Å². The molecule has 3 aromatic carbocycles. The highest BCUT2D eigenvalue weighted by molar-refractivity contribution is 5.96. The van der Waals surface area contributed by atoms with Crippen LogP contribution in [0.5, 0.6) is 0 Å². The van der Waals surface area contributed by atoms with E-state index in [9.17, 15) is 9.59 Å². The second-order valence-corrected chi connectivity index (χ2v) is 7.08. The largest absolute Gasteiger partial charge is 0.315 e. The van der Waals surface area contributed by atoms with Gasteiger partial charge >= 0.3 is 0 Å².